The maximum Gasteiger partial charge on any atom is 0.257 e. The van der Waals surface area contributed by atoms with Crippen molar-refractivity contribution in [3.05, 3.63) is 59.2 Å². The van der Waals surface area contributed by atoms with Crippen LogP contribution in [-0.4, -0.2) is 34.0 Å². The second-order valence-corrected chi connectivity index (χ2v) is 8.00. The molecule has 27 heavy (non-hydrogen) atoms. The molecular weight excluding hydrogens is 364 g/mol. The average molecular weight is 391 g/mol. The molecule has 2 rings (SSSR count). The third-order valence-corrected chi connectivity index (χ3v) is 5.69. The van der Waals surface area contributed by atoms with E-state index >= 15 is 0 Å². The van der Waals surface area contributed by atoms with Gasteiger partial charge < -0.3 is 10.1 Å². The van der Waals surface area contributed by atoms with E-state index in [2.05, 4.69) is 10.0 Å². The van der Waals surface area contributed by atoms with Crippen molar-refractivity contribution in [1.82, 2.24) is 10.0 Å². The lowest BCUT2D eigenvalue weighted by atomic mass is 10.1. The quantitative estimate of drug-likeness (QED) is 0.644. The molecule has 0 bridgehead atoms. The molecular formula is C20H26N2O4S. The van der Waals surface area contributed by atoms with Crippen LogP contribution in [0.3, 0.4) is 0 Å². The highest BCUT2D eigenvalue weighted by molar-refractivity contribution is 7.89. The number of carbonyl (C=O) groups excluding carboxylic acids is 1. The largest absolute Gasteiger partial charge is 0.483 e. The average Bonchev–Trinajstić information content (AvgIpc) is 2.63. The predicted octanol–water partition coefficient (Wildman–Crippen LogP) is 2.34. The van der Waals surface area contributed by atoms with Gasteiger partial charge in [-0.25, -0.2) is 13.1 Å². The third kappa shape index (κ3) is 6.08. The van der Waals surface area contributed by atoms with Gasteiger partial charge in [-0.2, -0.15) is 0 Å². The molecule has 146 valence electrons. The number of para-hydroxylation sites is 1. The van der Waals surface area contributed by atoms with E-state index in [0.717, 1.165) is 17.5 Å². The molecule has 2 aromatic carbocycles. The molecule has 0 radical (unpaired) electrons. The van der Waals surface area contributed by atoms with Crippen molar-refractivity contribution in [1.29, 1.82) is 0 Å². The fraction of sp³-hybridized carbons (Fsp3) is 0.350. The first kappa shape index (κ1) is 20.9. The Balaban J connectivity index is 1.78. The van der Waals surface area contributed by atoms with Gasteiger partial charge in [0.15, 0.2) is 6.61 Å². The highest BCUT2D eigenvalue weighted by Gasteiger charge is 2.16. The maximum atomic E-state index is 12.3. The van der Waals surface area contributed by atoms with Crippen LogP contribution >= 0.6 is 0 Å². The van der Waals surface area contributed by atoms with E-state index < -0.39 is 10.0 Å². The van der Waals surface area contributed by atoms with Crippen molar-refractivity contribution in [2.24, 2.45) is 0 Å². The predicted molar refractivity (Wildman–Crippen MR) is 105 cm³/mol. The number of ether oxygens (including phenoxy) is 1. The van der Waals surface area contributed by atoms with Crippen LogP contribution in [0, 0.1) is 13.8 Å². The molecule has 0 aliphatic carbocycles. The van der Waals surface area contributed by atoms with Crippen molar-refractivity contribution >= 4 is 15.9 Å². The summed E-state index contributed by atoms with van der Waals surface area (Å²) >= 11 is 0. The van der Waals surface area contributed by atoms with Gasteiger partial charge in [-0.05, 0) is 43.5 Å². The molecule has 2 aromatic rings. The molecule has 0 aromatic heterocycles. The molecule has 0 aliphatic heterocycles. The Kier molecular flexibility index (Phi) is 7.38. The molecule has 6 nitrogen and oxygen atoms in total. The zero-order valence-corrected chi connectivity index (χ0v) is 16.7. The van der Waals surface area contributed by atoms with Crippen LogP contribution in [0.25, 0.3) is 0 Å². The van der Waals surface area contributed by atoms with Crippen LogP contribution in [-0.2, 0) is 21.2 Å². The van der Waals surface area contributed by atoms with E-state index in [0.29, 0.717) is 11.3 Å². The number of rotatable bonds is 9. The molecule has 0 saturated carbocycles. The van der Waals surface area contributed by atoms with Crippen molar-refractivity contribution < 1.29 is 17.9 Å². The fourth-order valence-corrected chi connectivity index (χ4v) is 3.95. The monoisotopic (exact) mass is 390 g/mol. The first-order valence-electron chi connectivity index (χ1n) is 8.88. The number of aryl methyl sites for hydroxylation is 3. The van der Waals surface area contributed by atoms with E-state index in [1.807, 2.05) is 44.2 Å². The minimum absolute atomic E-state index is 0.104. The number of sulfonamides is 1. The molecule has 0 saturated heterocycles. The van der Waals surface area contributed by atoms with E-state index in [1.165, 1.54) is 0 Å². The Morgan fingerprint density at radius 3 is 2.52 bits per heavy atom. The Morgan fingerprint density at radius 2 is 1.81 bits per heavy atom. The van der Waals surface area contributed by atoms with E-state index in [4.69, 9.17) is 4.74 Å². The lowest BCUT2D eigenvalue weighted by Gasteiger charge is -2.12. The Bertz CT molecular complexity index is 895. The van der Waals surface area contributed by atoms with Crippen LogP contribution in [0.15, 0.2) is 47.4 Å². The zero-order valence-electron chi connectivity index (χ0n) is 15.9. The van der Waals surface area contributed by atoms with Gasteiger partial charge in [0.05, 0.1) is 4.90 Å². The smallest absolute Gasteiger partial charge is 0.257 e. The number of nitrogens with one attached hydrogen (secondary N) is 2. The summed E-state index contributed by atoms with van der Waals surface area (Å²) in [6.45, 7) is 5.86. The van der Waals surface area contributed by atoms with Crippen molar-refractivity contribution in [3.63, 3.8) is 0 Å². The summed E-state index contributed by atoms with van der Waals surface area (Å²) in [5.74, 6) is 0.386. The maximum absolute atomic E-state index is 12.3. The second-order valence-electron chi connectivity index (χ2n) is 6.27. The molecule has 0 atom stereocenters. The van der Waals surface area contributed by atoms with Crippen LogP contribution in [0.1, 0.15) is 23.6 Å². The number of benzene rings is 2. The van der Waals surface area contributed by atoms with Gasteiger partial charge in [-0.15, -0.1) is 0 Å². The summed E-state index contributed by atoms with van der Waals surface area (Å²) in [6, 6.07) is 12.7. The number of hydrogen-bond acceptors (Lipinski definition) is 4. The molecule has 0 heterocycles. The molecule has 7 heteroatoms. The van der Waals surface area contributed by atoms with Gasteiger partial charge in [-0.1, -0.05) is 42.8 Å². The zero-order chi connectivity index (χ0) is 19.9. The van der Waals surface area contributed by atoms with Crippen molar-refractivity contribution in [2.75, 3.05) is 19.7 Å². The van der Waals surface area contributed by atoms with Gasteiger partial charge in [0, 0.05) is 13.1 Å². The first-order valence-corrected chi connectivity index (χ1v) is 10.4. The van der Waals surface area contributed by atoms with Gasteiger partial charge in [0.2, 0.25) is 10.0 Å². The van der Waals surface area contributed by atoms with E-state index in [9.17, 15) is 13.2 Å². The number of carbonyl (C=O) groups is 1. The Hall–Kier alpha value is -2.38. The normalized spacial score (nSPS) is 11.2. The van der Waals surface area contributed by atoms with Crippen molar-refractivity contribution in [2.45, 2.75) is 32.1 Å². The third-order valence-electron chi connectivity index (χ3n) is 4.07. The topological polar surface area (TPSA) is 84.5 Å². The summed E-state index contributed by atoms with van der Waals surface area (Å²) in [4.78, 5) is 12.1. The molecule has 1 amide bonds. The molecule has 0 unspecified atom stereocenters. The summed E-state index contributed by atoms with van der Waals surface area (Å²) in [7, 11) is -3.60. The first-order chi connectivity index (χ1) is 12.8. The molecule has 0 aliphatic rings. The minimum atomic E-state index is -3.60. The molecule has 2 N–H and O–H groups in total. The number of hydrogen-bond donors (Lipinski definition) is 2. The van der Waals surface area contributed by atoms with Crippen molar-refractivity contribution in [3.8, 4) is 5.75 Å². The number of amides is 1. The van der Waals surface area contributed by atoms with Gasteiger partial charge >= 0.3 is 0 Å². The molecule has 0 spiro atoms. The summed E-state index contributed by atoms with van der Waals surface area (Å²) in [5.41, 5.74) is 2.73. The van der Waals surface area contributed by atoms with Crippen LogP contribution < -0.4 is 14.8 Å². The Morgan fingerprint density at radius 1 is 1.07 bits per heavy atom. The fourth-order valence-electron chi connectivity index (χ4n) is 2.70. The highest BCUT2D eigenvalue weighted by atomic mass is 32.2. The SMILES string of the molecule is CCc1ccccc1OCC(=O)NCCNS(=O)(=O)c1ccc(C)cc1C. The Labute approximate surface area is 161 Å². The molecule has 0 fully saturated rings. The highest BCUT2D eigenvalue weighted by Crippen LogP contribution is 2.18. The lowest BCUT2D eigenvalue weighted by Crippen LogP contribution is -2.37. The summed E-state index contributed by atoms with van der Waals surface area (Å²) in [5, 5.41) is 2.65. The van der Waals surface area contributed by atoms with Gasteiger partial charge in [0.1, 0.15) is 5.75 Å². The second kappa shape index (κ2) is 9.53. The summed E-state index contributed by atoms with van der Waals surface area (Å²) < 4.78 is 32.7. The van der Waals surface area contributed by atoms with E-state index in [1.54, 1.807) is 19.1 Å². The van der Waals surface area contributed by atoms with Crippen LogP contribution in [0.4, 0.5) is 0 Å². The summed E-state index contributed by atoms with van der Waals surface area (Å²) in [6.07, 6.45) is 0.817. The minimum Gasteiger partial charge on any atom is -0.483 e. The van der Waals surface area contributed by atoms with Crippen LogP contribution in [0.5, 0.6) is 5.75 Å². The standard InChI is InChI=1S/C20H26N2O4S/c1-4-17-7-5-6-8-18(17)26-14-20(23)21-11-12-22-27(24,25)19-10-9-15(2)13-16(19)3/h5-10,13,22H,4,11-12,14H2,1-3H3,(H,21,23). The van der Waals surface area contributed by atoms with Gasteiger partial charge in [0.25, 0.3) is 5.91 Å². The lowest BCUT2D eigenvalue weighted by molar-refractivity contribution is -0.123. The van der Waals surface area contributed by atoms with Gasteiger partial charge in [-0.3, -0.25) is 4.79 Å². The van der Waals surface area contributed by atoms with E-state index in [-0.39, 0.29) is 30.5 Å². The van der Waals surface area contributed by atoms with Crippen LogP contribution in [0.2, 0.25) is 0 Å².